The van der Waals surface area contributed by atoms with Crippen LogP contribution in [0.15, 0.2) is 4.99 Å². The number of carbonyl (C=O) groups excluding carboxylic acids is 1. The van der Waals surface area contributed by atoms with Gasteiger partial charge in [-0.3, -0.25) is 9.79 Å². The van der Waals surface area contributed by atoms with Crippen LogP contribution in [0.25, 0.3) is 0 Å². The lowest BCUT2D eigenvalue weighted by molar-refractivity contribution is -0.146. The van der Waals surface area contributed by atoms with Crippen LogP contribution in [-0.4, -0.2) is 45.8 Å². The molecule has 19 heavy (non-hydrogen) atoms. The van der Waals surface area contributed by atoms with Crippen LogP contribution in [0.1, 0.15) is 20.8 Å². The van der Waals surface area contributed by atoms with Crippen LogP contribution in [0, 0.1) is 0 Å². The lowest BCUT2D eigenvalue weighted by atomic mass is 9.99. The summed E-state index contributed by atoms with van der Waals surface area (Å²) in [5, 5.41) is 8.98. The number of hydrogen-bond donors (Lipinski definition) is 3. The average Bonchev–Trinajstić information content (AvgIpc) is 2.22. The van der Waals surface area contributed by atoms with Gasteiger partial charge in [0.1, 0.15) is 0 Å². The van der Waals surface area contributed by atoms with Gasteiger partial charge in [0.15, 0.2) is 11.3 Å². The maximum Gasteiger partial charge on any atom is 0.332 e. The van der Waals surface area contributed by atoms with E-state index in [9.17, 15) is 9.59 Å². The molecule has 0 aliphatic rings. The molecule has 0 amide bonds. The number of ketones is 1. The molecule has 0 radical (unpaired) electrons. The number of carboxylic acid groups (broad SMARTS) is 1. The van der Waals surface area contributed by atoms with E-state index in [1.165, 1.54) is 18.7 Å². The first-order valence-corrected chi connectivity index (χ1v) is 6.16. The molecule has 0 bridgehead atoms. The minimum Gasteiger partial charge on any atom is -0.480 e. The molecule has 0 spiro atoms. The number of Topliss-reactive ketones (excluding diaryl/α,β-unsaturated/α-hetero) is 1. The Morgan fingerprint density at radius 2 is 1.84 bits per heavy atom. The summed E-state index contributed by atoms with van der Waals surface area (Å²) in [5.41, 5.74) is 9.13. The van der Waals surface area contributed by atoms with Crippen LogP contribution < -0.4 is 11.5 Å². The molecule has 0 aliphatic heterocycles. The third-order valence-corrected chi connectivity index (χ3v) is 3.54. The molecule has 0 saturated heterocycles. The van der Waals surface area contributed by atoms with Gasteiger partial charge in [-0.05, 0) is 13.8 Å². The van der Waals surface area contributed by atoms with Crippen LogP contribution >= 0.6 is 36.6 Å². The number of nitrogens with zero attached hydrogens (tertiary/aromatic N) is 1. The van der Waals surface area contributed by atoms with Crippen LogP contribution in [0.2, 0.25) is 0 Å². The molecule has 0 aromatic carbocycles. The quantitative estimate of drug-likeness (QED) is 0.358. The van der Waals surface area contributed by atoms with E-state index in [1.54, 1.807) is 6.92 Å². The lowest BCUT2D eigenvalue weighted by Gasteiger charge is -2.22. The number of rotatable bonds is 7. The van der Waals surface area contributed by atoms with Crippen molar-refractivity contribution < 1.29 is 14.7 Å². The lowest BCUT2D eigenvalue weighted by Crippen LogP contribution is -2.56. The van der Waals surface area contributed by atoms with Crippen LogP contribution in [0.4, 0.5) is 0 Å². The molecule has 114 valence electrons. The highest BCUT2D eigenvalue weighted by Gasteiger charge is 2.39. The zero-order valence-electron chi connectivity index (χ0n) is 11.1. The monoisotopic (exact) mass is 333 g/mol. The Balaban J connectivity index is -0.00000128. The molecule has 2 atom stereocenters. The maximum atomic E-state index is 11.2. The van der Waals surface area contributed by atoms with E-state index in [1.807, 2.05) is 6.92 Å². The summed E-state index contributed by atoms with van der Waals surface area (Å²) in [4.78, 5) is 26.2. The van der Waals surface area contributed by atoms with Crippen molar-refractivity contribution in [3.8, 4) is 0 Å². The highest BCUT2D eigenvalue weighted by Crippen LogP contribution is 2.18. The van der Waals surface area contributed by atoms with Crippen LogP contribution in [-0.2, 0) is 9.59 Å². The second kappa shape index (κ2) is 10.3. The average molecular weight is 334 g/mol. The summed E-state index contributed by atoms with van der Waals surface area (Å²) in [6.45, 7) is 5.21. The van der Waals surface area contributed by atoms with E-state index in [4.69, 9.17) is 16.6 Å². The number of carboxylic acids is 1. The van der Waals surface area contributed by atoms with Gasteiger partial charge >= 0.3 is 5.97 Å². The molecule has 0 unspecified atom stereocenters. The van der Waals surface area contributed by atoms with E-state index in [2.05, 4.69) is 4.99 Å². The number of halogens is 2. The van der Waals surface area contributed by atoms with E-state index in [0.29, 0.717) is 12.4 Å². The van der Waals surface area contributed by atoms with Gasteiger partial charge in [0.05, 0.1) is 12.4 Å². The standard InChI is InChI=1S/C10H19N3O3S.2ClH/c1-6(4-13-8(3)11)17-5-10(12,7(2)14)9(15)16;;/h6H,4-5,12H2,1-3H3,(H2,11,13)(H,15,16);2*1H/t6-,10-;;/m1../s1. The molecule has 6 nitrogen and oxygen atoms in total. The molecular weight excluding hydrogens is 313 g/mol. The van der Waals surface area contributed by atoms with Crippen molar-refractivity contribution in [1.29, 1.82) is 0 Å². The van der Waals surface area contributed by atoms with Gasteiger partial charge < -0.3 is 16.6 Å². The van der Waals surface area contributed by atoms with Crippen molar-refractivity contribution in [3.05, 3.63) is 0 Å². The second-order valence-corrected chi connectivity index (χ2v) is 5.36. The smallest absolute Gasteiger partial charge is 0.332 e. The van der Waals surface area contributed by atoms with Crippen LogP contribution in [0.5, 0.6) is 0 Å². The zero-order valence-corrected chi connectivity index (χ0v) is 13.5. The predicted octanol–water partition coefficient (Wildman–Crippen LogP) is 0.700. The normalized spacial score (nSPS) is 15.5. The van der Waals surface area contributed by atoms with E-state index >= 15 is 0 Å². The van der Waals surface area contributed by atoms with E-state index in [0.717, 1.165) is 0 Å². The van der Waals surface area contributed by atoms with Crippen molar-refractivity contribution in [2.24, 2.45) is 16.5 Å². The first kappa shape index (κ1) is 23.6. The van der Waals surface area contributed by atoms with Crippen molar-refractivity contribution in [2.75, 3.05) is 12.3 Å². The number of aliphatic imine (C=N–C) groups is 1. The Kier molecular flexibility index (Phi) is 12.8. The molecule has 0 heterocycles. The minimum atomic E-state index is -1.82. The van der Waals surface area contributed by atoms with E-state index in [-0.39, 0.29) is 35.8 Å². The molecular formula is C10H21Cl2N3O3S. The van der Waals surface area contributed by atoms with E-state index < -0.39 is 17.3 Å². The summed E-state index contributed by atoms with van der Waals surface area (Å²) in [6, 6.07) is 0. The van der Waals surface area contributed by atoms with Gasteiger partial charge in [-0.2, -0.15) is 11.8 Å². The van der Waals surface area contributed by atoms with Crippen molar-refractivity contribution in [2.45, 2.75) is 31.6 Å². The summed E-state index contributed by atoms with van der Waals surface area (Å²) >= 11 is 1.29. The molecule has 0 rings (SSSR count). The highest BCUT2D eigenvalue weighted by atomic mass is 35.5. The molecule has 0 aromatic rings. The van der Waals surface area contributed by atoms with Gasteiger partial charge in [0, 0.05) is 11.0 Å². The van der Waals surface area contributed by atoms with Gasteiger partial charge in [-0.1, -0.05) is 6.92 Å². The molecule has 0 aliphatic carbocycles. The molecule has 0 fully saturated rings. The number of thioether (sulfide) groups is 1. The number of nitrogens with two attached hydrogens (primary N) is 2. The number of carbonyl (C=O) groups is 2. The largest absolute Gasteiger partial charge is 0.480 e. The molecule has 9 heteroatoms. The Labute approximate surface area is 129 Å². The fourth-order valence-corrected chi connectivity index (χ4v) is 1.97. The minimum absolute atomic E-state index is 0. The Bertz CT molecular complexity index is 322. The van der Waals surface area contributed by atoms with Crippen molar-refractivity contribution in [3.63, 3.8) is 0 Å². The number of hydrogen-bond acceptors (Lipinski definition) is 5. The maximum absolute atomic E-state index is 11.2. The number of amidine groups is 1. The van der Waals surface area contributed by atoms with Gasteiger partial charge in [-0.15, -0.1) is 24.8 Å². The van der Waals surface area contributed by atoms with Crippen molar-refractivity contribution >= 4 is 54.2 Å². The SMILES string of the molecule is CC(=O)[C@](N)(CS[C@H](C)CN=C(C)N)C(=O)O.Cl.Cl. The first-order valence-electron chi connectivity index (χ1n) is 5.11. The Morgan fingerprint density at radius 1 is 1.37 bits per heavy atom. The highest BCUT2D eigenvalue weighted by molar-refractivity contribution is 8.00. The summed E-state index contributed by atoms with van der Waals surface area (Å²) in [6.07, 6.45) is 0. The summed E-state index contributed by atoms with van der Waals surface area (Å²) < 4.78 is 0. The fourth-order valence-electron chi connectivity index (χ4n) is 0.913. The molecule has 5 N–H and O–H groups in total. The molecule has 0 aromatic heterocycles. The summed E-state index contributed by atoms with van der Waals surface area (Å²) in [5.74, 6) is -1.36. The van der Waals surface area contributed by atoms with Gasteiger partial charge in [0.2, 0.25) is 0 Å². The second-order valence-electron chi connectivity index (χ2n) is 3.94. The predicted molar refractivity (Wildman–Crippen MR) is 83.8 cm³/mol. The Morgan fingerprint density at radius 3 is 2.16 bits per heavy atom. The van der Waals surface area contributed by atoms with Gasteiger partial charge in [-0.25, -0.2) is 4.79 Å². The number of aliphatic carboxylic acids is 1. The fraction of sp³-hybridized carbons (Fsp3) is 0.700. The Hall–Kier alpha value is -0.500. The topological polar surface area (TPSA) is 119 Å². The third kappa shape index (κ3) is 8.30. The third-order valence-electron chi connectivity index (χ3n) is 2.20. The van der Waals surface area contributed by atoms with Crippen molar-refractivity contribution in [1.82, 2.24) is 0 Å². The zero-order chi connectivity index (χ0) is 13.6. The summed E-state index contributed by atoms with van der Waals surface area (Å²) in [7, 11) is 0. The molecule has 0 saturated carbocycles. The van der Waals surface area contributed by atoms with Crippen LogP contribution in [0.3, 0.4) is 0 Å². The first-order chi connectivity index (χ1) is 7.70. The van der Waals surface area contributed by atoms with Gasteiger partial charge in [0.25, 0.3) is 0 Å².